The van der Waals surface area contributed by atoms with Crippen molar-refractivity contribution in [1.29, 1.82) is 0 Å². The van der Waals surface area contributed by atoms with Gasteiger partial charge in [-0.15, -0.1) is 0 Å². The van der Waals surface area contributed by atoms with E-state index in [4.69, 9.17) is 0 Å². The predicted octanol–water partition coefficient (Wildman–Crippen LogP) is 1.66. The van der Waals surface area contributed by atoms with Crippen molar-refractivity contribution in [2.75, 3.05) is 11.9 Å². The quantitative estimate of drug-likeness (QED) is 0.650. The highest BCUT2D eigenvalue weighted by Crippen LogP contribution is 2.20. The number of fused-ring (bicyclic) bond motifs is 1. The number of amides is 1. The molecule has 3 heteroatoms. The van der Waals surface area contributed by atoms with Crippen molar-refractivity contribution in [2.45, 2.75) is 6.92 Å². The number of rotatable bonds is 0. The summed E-state index contributed by atoms with van der Waals surface area (Å²) in [5.41, 5.74) is 3.40. The second-order valence-corrected chi connectivity index (χ2v) is 3.46. The van der Waals surface area contributed by atoms with Gasteiger partial charge in [0.25, 0.3) is 5.91 Å². The molecule has 0 spiro atoms. The lowest BCUT2D eigenvalue weighted by atomic mass is 10.1. The molecule has 2 rings (SSSR count). The van der Waals surface area contributed by atoms with Gasteiger partial charge in [-0.2, -0.15) is 0 Å². The van der Waals surface area contributed by atoms with Gasteiger partial charge in [0.1, 0.15) is 0 Å². The van der Waals surface area contributed by atoms with Gasteiger partial charge in [0.2, 0.25) is 0 Å². The van der Waals surface area contributed by atoms with Crippen LogP contribution in [0.1, 0.15) is 15.9 Å². The van der Waals surface area contributed by atoms with Gasteiger partial charge in [0.05, 0.1) is 17.8 Å². The lowest BCUT2D eigenvalue weighted by Crippen LogP contribution is -2.23. The first-order valence-electron chi connectivity index (χ1n) is 4.50. The number of anilines is 1. The number of carbonyl (C=O) groups is 1. The first-order valence-corrected chi connectivity index (χ1v) is 4.50. The Morgan fingerprint density at radius 3 is 3.00 bits per heavy atom. The molecule has 0 bridgehead atoms. The smallest absolute Gasteiger partial charge is 0.253 e. The van der Waals surface area contributed by atoms with Crippen molar-refractivity contribution >= 4 is 11.6 Å². The third-order valence-corrected chi connectivity index (χ3v) is 2.19. The zero-order valence-corrected chi connectivity index (χ0v) is 8.05. The molecular weight excluding hydrogens is 176 g/mol. The van der Waals surface area contributed by atoms with Crippen molar-refractivity contribution < 1.29 is 4.79 Å². The molecule has 1 heterocycles. The van der Waals surface area contributed by atoms with Crippen LogP contribution in [0.15, 0.2) is 30.5 Å². The van der Waals surface area contributed by atoms with E-state index in [1.165, 1.54) is 0 Å². The molecule has 0 radical (unpaired) electrons. The third kappa shape index (κ3) is 1.48. The SMILES string of the molecule is C=C1CNC(=O)c2cc(C)ccc2N1. The summed E-state index contributed by atoms with van der Waals surface area (Å²) in [7, 11) is 0. The maximum absolute atomic E-state index is 11.6. The summed E-state index contributed by atoms with van der Waals surface area (Å²) in [6.45, 7) is 6.25. The van der Waals surface area contributed by atoms with Crippen LogP contribution in [0.5, 0.6) is 0 Å². The average Bonchev–Trinajstić information content (AvgIpc) is 2.29. The van der Waals surface area contributed by atoms with Gasteiger partial charge < -0.3 is 10.6 Å². The van der Waals surface area contributed by atoms with E-state index in [1.54, 1.807) is 0 Å². The molecule has 1 aliphatic rings. The second-order valence-electron chi connectivity index (χ2n) is 3.46. The standard InChI is InChI=1S/C11H12N2O/c1-7-3-4-10-9(5-7)11(14)12-6-8(2)13-10/h3-5,13H,2,6H2,1H3,(H,12,14). The maximum atomic E-state index is 11.6. The summed E-state index contributed by atoms with van der Waals surface area (Å²) >= 11 is 0. The molecule has 2 N–H and O–H groups in total. The Bertz CT molecular complexity index is 410. The Morgan fingerprint density at radius 2 is 2.21 bits per heavy atom. The molecule has 1 aliphatic heterocycles. The Labute approximate surface area is 82.8 Å². The molecule has 3 nitrogen and oxygen atoms in total. The van der Waals surface area contributed by atoms with Gasteiger partial charge >= 0.3 is 0 Å². The minimum absolute atomic E-state index is 0.0464. The average molecular weight is 188 g/mol. The largest absolute Gasteiger partial charge is 0.357 e. The van der Waals surface area contributed by atoms with Crippen LogP contribution in [0, 0.1) is 6.92 Å². The Kier molecular flexibility index (Phi) is 2.00. The topological polar surface area (TPSA) is 41.1 Å². The van der Waals surface area contributed by atoms with Crippen molar-refractivity contribution in [3.05, 3.63) is 41.6 Å². The van der Waals surface area contributed by atoms with Gasteiger partial charge in [0.15, 0.2) is 0 Å². The van der Waals surface area contributed by atoms with Gasteiger partial charge in [-0.05, 0) is 19.1 Å². The first kappa shape index (κ1) is 8.81. The van der Waals surface area contributed by atoms with Crippen molar-refractivity contribution in [3.8, 4) is 0 Å². The van der Waals surface area contributed by atoms with E-state index < -0.39 is 0 Å². The first-order chi connectivity index (χ1) is 6.66. The lowest BCUT2D eigenvalue weighted by molar-refractivity contribution is 0.0959. The van der Waals surface area contributed by atoms with Crippen LogP contribution in [0.25, 0.3) is 0 Å². The Morgan fingerprint density at radius 1 is 1.43 bits per heavy atom. The van der Waals surface area contributed by atoms with Crippen LogP contribution in [-0.2, 0) is 0 Å². The van der Waals surface area contributed by atoms with E-state index in [1.807, 2.05) is 25.1 Å². The predicted molar refractivity (Wildman–Crippen MR) is 56.3 cm³/mol. The molecule has 0 aromatic heterocycles. The number of nitrogens with one attached hydrogen (secondary N) is 2. The van der Waals surface area contributed by atoms with Gasteiger partial charge in [-0.1, -0.05) is 18.2 Å². The van der Waals surface area contributed by atoms with Crippen LogP contribution < -0.4 is 10.6 Å². The Hall–Kier alpha value is -1.77. The number of hydrogen-bond donors (Lipinski definition) is 2. The minimum Gasteiger partial charge on any atom is -0.357 e. The van der Waals surface area contributed by atoms with Crippen molar-refractivity contribution in [2.24, 2.45) is 0 Å². The molecule has 0 saturated heterocycles. The zero-order valence-electron chi connectivity index (χ0n) is 8.05. The number of aryl methyl sites for hydroxylation is 1. The molecule has 1 aromatic rings. The number of benzene rings is 1. The molecule has 1 amide bonds. The van der Waals surface area contributed by atoms with Gasteiger partial charge in [-0.25, -0.2) is 0 Å². The summed E-state index contributed by atoms with van der Waals surface area (Å²) in [5, 5.41) is 5.88. The van der Waals surface area contributed by atoms with Crippen molar-refractivity contribution in [1.82, 2.24) is 5.32 Å². The van der Waals surface area contributed by atoms with Crippen molar-refractivity contribution in [3.63, 3.8) is 0 Å². The second kappa shape index (κ2) is 3.18. The normalized spacial score (nSPS) is 15.2. The molecule has 1 aromatic carbocycles. The van der Waals surface area contributed by atoms with Crippen LogP contribution in [-0.4, -0.2) is 12.5 Å². The molecule has 14 heavy (non-hydrogen) atoms. The molecule has 0 aliphatic carbocycles. The van der Waals surface area contributed by atoms with E-state index in [-0.39, 0.29) is 5.91 Å². The highest BCUT2D eigenvalue weighted by atomic mass is 16.1. The molecular formula is C11H12N2O. The fourth-order valence-corrected chi connectivity index (χ4v) is 1.47. The number of carbonyl (C=O) groups excluding carboxylic acids is 1. The van der Waals surface area contributed by atoms with E-state index in [9.17, 15) is 4.79 Å². The van der Waals surface area contributed by atoms with E-state index in [0.717, 1.165) is 16.9 Å². The Balaban J connectivity index is 2.52. The fourth-order valence-electron chi connectivity index (χ4n) is 1.47. The van der Waals surface area contributed by atoms with E-state index in [0.29, 0.717) is 12.1 Å². The molecule has 72 valence electrons. The minimum atomic E-state index is -0.0464. The van der Waals surface area contributed by atoms with E-state index in [2.05, 4.69) is 17.2 Å². The van der Waals surface area contributed by atoms with Crippen LogP contribution in [0.2, 0.25) is 0 Å². The third-order valence-electron chi connectivity index (χ3n) is 2.19. The molecule has 0 atom stereocenters. The van der Waals surface area contributed by atoms with Crippen LogP contribution >= 0.6 is 0 Å². The van der Waals surface area contributed by atoms with Gasteiger partial charge in [-0.3, -0.25) is 4.79 Å². The summed E-state index contributed by atoms with van der Waals surface area (Å²) < 4.78 is 0. The summed E-state index contributed by atoms with van der Waals surface area (Å²) in [6.07, 6.45) is 0. The highest BCUT2D eigenvalue weighted by molar-refractivity contribution is 6.01. The summed E-state index contributed by atoms with van der Waals surface area (Å²) in [5.74, 6) is -0.0464. The monoisotopic (exact) mass is 188 g/mol. The molecule has 0 unspecified atom stereocenters. The number of hydrogen-bond acceptors (Lipinski definition) is 2. The van der Waals surface area contributed by atoms with Crippen LogP contribution in [0.4, 0.5) is 5.69 Å². The summed E-state index contributed by atoms with van der Waals surface area (Å²) in [6, 6.07) is 5.74. The van der Waals surface area contributed by atoms with E-state index >= 15 is 0 Å². The maximum Gasteiger partial charge on any atom is 0.253 e. The fraction of sp³-hybridized carbons (Fsp3) is 0.182. The van der Waals surface area contributed by atoms with Gasteiger partial charge in [0, 0.05) is 5.70 Å². The molecule has 0 fully saturated rings. The highest BCUT2D eigenvalue weighted by Gasteiger charge is 2.15. The zero-order chi connectivity index (χ0) is 10.1. The lowest BCUT2D eigenvalue weighted by Gasteiger charge is -2.06. The van der Waals surface area contributed by atoms with Crippen LogP contribution in [0.3, 0.4) is 0 Å². The summed E-state index contributed by atoms with van der Waals surface area (Å²) in [4.78, 5) is 11.6. The molecule has 0 saturated carbocycles.